The number of carbonyl (C=O) groups is 1. The van der Waals surface area contributed by atoms with Crippen molar-refractivity contribution >= 4 is 5.97 Å². The SMILES string of the molecule is COC(OC)Oc1ccc(C(=O)O)cc1C. The van der Waals surface area contributed by atoms with Gasteiger partial charge in [0.25, 0.3) is 0 Å². The van der Waals surface area contributed by atoms with E-state index < -0.39 is 12.4 Å². The zero-order chi connectivity index (χ0) is 12.1. The lowest BCUT2D eigenvalue weighted by molar-refractivity contribution is -0.219. The fourth-order valence-corrected chi connectivity index (χ4v) is 1.21. The highest BCUT2D eigenvalue weighted by Crippen LogP contribution is 2.20. The van der Waals surface area contributed by atoms with Crippen LogP contribution >= 0.6 is 0 Å². The van der Waals surface area contributed by atoms with Gasteiger partial charge in [0.15, 0.2) is 0 Å². The number of aryl methyl sites for hydroxylation is 1. The van der Waals surface area contributed by atoms with Crippen LogP contribution in [0.1, 0.15) is 15.9 Å². The second kappa shape index (κ2) is 5.48. The summed E-state index contributed by atoms with van der Waals surface area (Å²) in [6.45, 7) is 0.957. The van der Waals surface area contributed by atoms with E-state index in [1.54, 1.807) is 13.0 Å². The number of aromatic carboxylic acids is 1. The summed E-state index contributed by atoms with van der Waals surface area (Å²) in [5.41, 5.74) is 0.926. The van der Waals surface area contributed by atoms with Crippen LogP contribution in [0.15, 0.2) is 18.2 Å². The van der Waals surface area contributed by atoms with E-state index in [0.29, 0.717) is 11.3 Å². The fraction of sp³-hybridized carbons (Fsp3) is 0.364. The molecular formula is C11H14O5. The predicted molar refractivity (Wildman–Crippen MR) is 56.6 cm³/mol. The van der Waals surface area contributed by atoms with Crippen LogP contribution in [0.2, 0.25) is 0 Å². The second-order valence-electron chi connectivity index (χ2n) is 3.16. The Labute approximate surface area is 93.6 Å². The number of rotatable bonds is 5. The molecule has 1 aromatic carbocycles. The lowest BCUT2D eigenvalue weighted by atomic mass is 10.1. The van der Waals surface area contributed by atoms with E-state index in [-0.39, 0.29) is 5.56 Å². The summed E-state index contributed by atoms with van der Waals surface area (Å²) in [7, 11) is 2.91. The topological polar surface area (TPSA) is 65.0 Å². The van der Waals surface area contributed by atoms with E-state index in [2.05, 4.69) is 0 Å². The van der Waals surface area contributed by atoms with Crippen molar-refractivity contribution in [2.24, 2.45) is 0 Å². The van der Waals surface area contributed by atoms with Crippen LogP contribution in [0.5, 0.6) is 5.75 Å². The molecule has 0 aliphatic carbocycles. The summed E-state index contributed by atoms with van der Waals surface area (Å²) in [5.74, 6) is -0.441. The number of benzene rings is 1. The largest absolute Gasteiger partial charge is 0.478 e. The Morgan fingerprint density at radius 2 is 1.94 bits per heavy atom. The van der Waals surface area contributed by atoms with Gasteiger partial charge in [-0.1, -0.05) is 0 Å². The molecule has 0 saturated carbocycles. The molecule has 0 atom stereocenters. The quantitative estimate of drug-likeness (QED) is 0.773. The number of methoxy groups -OCH3 is 2. The van der Waals surface area contributed by atoms with Crippen molar-refractivity contribution in [3.05, 3.63) is 29.3 Å². The lowest BCUT2D eigenvalue weighted by Gasteiger charge is -2.16. The van der Waals surface area contributed by atoms with Gasteiger partial charge in [0.05, 0.1) is 5.56 Å². The first kappa shape index (κ1) is 12.5. The Kier molecular flexibility index (Phi) is 4.28. The van der Waals surface area contributed by atoms with Gasteiger partial charge in [-0.15, -0.1) is 0 Å². The Bertz CT molecular complexity index is 371. The summed E-state index contributed by atoms with van der Waals surface area (Å²) >= 11 is 0. The summed E-state index contributed by atoms with van der Waals surface area (Å²) in [5, 5.41) is 8.78. The molecule has 0 saturated heterocycles. The Morgan fingerprint density at radius 3 is 2.38 bits per heavy atom. The van der Waals surface area contributed by atoms with Crippen LogP contribution in [0.3, 0.4) is 0 Å². The molecule has 0 radical (unpaired) electrons. The molecule has 16 heavy (non-hydrogen) atoms. The molecule has 0 fully saturated rings. The molecule has 0 amide bonds. The first-order valence-electron chi connectivity index (χ1n) is 4.64. The minimum Gasteiger partial charge on any atom is -0.478 e. The van der Waals surface area contributed by atoms with Crippen LogP contribution in [-0.4, -0.2) is 31.8 Å². The first-order chi connectivity index (χ1) is 7.58. The third-order valence-corrected chi connectivity index (χ3v) is 2.03. The average Bonchev–Trinajstić information content (AvgIpc) is 2.27. The van der Waals surface area contributed by atoms with E-state index in [1.807, 2.05) is 0 Å². The van der Waals surface area contributed by atoms with Gasteiger partial charge < -0.3 is 19.3 Å². The van der Waals surface area contributed by atoms with Gasteiger partial charge in [-0.3, -0.25) is 0 Å². The first-order valence-corrected chi connectivity index (χ1v) is 4.64. The standard InChI is InChI=1S/C11H14O5/c1-7-6-8(10(12)13)4-5-9(7)16-11(14-2)15-3/h4-6,11H,1-3H3,(H,12,13). The number of carboxylic acids is 1. The van der Waals surface area contributed by atoms with Crippen molar-refractivity contribution in [3.8, 4) is 5.75 Å². The van der Waals surface area contributed by atoms with Crippen LogP contribution in [0.4, 0.5) is 0 Å². The molecule has 5 nitrogen and oxygen atoms in total. The van der Waals surface area contributed by atoms with Gasteiger partial charge in [-0.05, 0) is 30.7 Å². The van der Waals surface area contributed by atoms with Gasteiger partial charge in [0.2, 0.25) is 0 Å². The Morgan fingerprint density at radius 1 is 1.31 bits per heavy atom. The summed E-state index contributed by atoms with van der Waals surface area (Å²) in [6.07, 6.45) is 0. The number of carboxylic acid groups (broad SMARTS) is 1. The van der Waals surface area contributed by atoms with Crippen LogP contribution in [0.25, 0.3) is 0 Å². The van der Waals surface area contributed by atoms with Crippen molar-refractivity contribution in [1.82, 2.24) is 0 Å². The lowest BCUT2D eigenvalue weighted by Crippen LogP contribution is -2.21. The maximum atomic E-state index is 10.7. The smallest absolute Gasteiger partial charge is 0.335 e. The van der Waals surface area contributed by atoms with Crippen LogP contribution in [0, 0.1) is 6.92 Å². The molecule has 0 spiro atoms. The van der Waals surface area contributed by atoms with Gasteiger partial charge >= 0.3 is 12.4 Å². The van der Waals surface area contributed by atoms with Gasteiger partial charge in [-0.25, -0.2) is 4.79 Å². The van der Waals surface area contributed by atoms with Crippen molar-refractivity contribution in [1.29, 1.82) is 0 Å². The van der Waals surface area contributed by atoms with E-state index >= 15 is 0 Å². The highest BCUT2D eigenvalue weighted by Gasteiger charge is 2.11. The monoisotopic (exact) mass is 226 g/mol. The minimum absolute atomic E-state index is 0.219. The van der Waals surface area contributed by atoms with Crippen molar-refractivity contribution in [3.63, 3.8) is 0 Å². The molecular weight excluding hydrogens is 212 g/mol. The molecule has 0 heterocycles. The number of hydrogen-bond acceptors (Lipinski definition) is 4. The molecule has 0 aromatic heterocycles. The van der Waals surface area contributed by atoms with Crippen LogP contribution < -0.4 is 4.74 Å². The second-order valence-corrected chi connectivity index (χ2v) is 3.16. The highest BCUT2D eigenvalue weighted by atomic mass is 16.8. The van der Waals surface area contributed by atoms with Gasteiger partial charge in [-0.2, -0.15) is 0 Å². The van der Waals surface area contributed by atoms with Crippen molar-refractivity contribution < 1.29 is 24.1 Å². The highest BCUT2D eigenvalue weighted by molar-refractivity contribution is 5.88. The number of hydrogen-bond donors (Lipinski definition) is 1. The zero-order valence-electron chi connectivity index (χ0n) is 9.39. The predicted octanol–water partition coefficient (Wildman–Crippen LogP) is 1.65. The zero-order valence-corrected chi connectivity index (χ0v) is 9.39. The van der Waals surface area contributed by atoms with Crippen molar-refractivity contribution in [2.45, 2.75) is 13.4 Å². The van der Waals surface area contributed by atoms with E-state index in [1.165, 1.54) is 26.4 Å². The maximum Gasteiger partial charge on any atom is 0.335 e. The van der Waals surface area contributed by atoms with Gasteiger partial charge in [0.1, 0.15) is 5.75 Å². The molecule has 0 aliphatic heterocycles. The summed E-state index contributed by atoms with van der Waals surface area (Å²) in [4.78, 5) is 10.7. The number of ether oxygens (including phenoxy) is 3. The molecule has 0 unspecified atom stereocenters. The molecule has 0 aliphatic rings. The molecule has 1 rings (SSSR count). The van der Waals surface area contributed by atoms with E-state index in [4.69, 9.17) is 19.3 Å². The third kappa shape index (κ3) is 2.95. The Hall–Kier alpha value is -1.59. The molecule has 1 aromatic rings. The average molecular weight is 226 g/mol. The minimum atomic E-state index is -0.968. The fourth-order valence-electron chi connectivity index (χ4n) is 1.21. The van der Waals surface area contributed by atoms with Crippen LogP contribution in [-0.2, 0) is 9.47 Å². The van der Waals surface area contributed by atoms with Crippen molar-refractivity contribution in [2.75, 3.05) is 14.2 Å². The van der Waals surface area contributed by atoms with Gasteiger partial charge in [0, 0.05) is 14.2 Å². The maximum absolute atomic E-state index is 10.7. The normalized spacial score (nSPS) is 10.5. The molecule has 5 heteroatoms. The third-order valence-electron chi connectivity index (χ3n) is 2.03. The molecule has 1 N–H and O–H groups in total. The van der Waals surface area contributed by atoms with E-state index in [9.17, 15) is 4.79 Å². The summed E-state index contributed by atoms with van der Waals surface area (Å²) in [6, 6.07) is 4.57. The Balaban J connectivity index is 2.86. The molecule has 88 valence electrons. The summed E-state index contributed by atoms with van der Waals surface area (Å²) < 4.78 is 15.1. The molecule has 0 bridgehead atoms. The van der Waals surface area contributed by atoms with E-state index in [0.717, 1.165) is 0 Å².